The Bertz CT molecular complexity index is 857. The summed E-state index contributed by atoms with van der Waals surface area (Å²) in [5, 5.41) is -2.72. The van der Waals surface area contributed by atoms with Crippen LogP contribution in [0.25, 0.3) is 0 Å². The Morgan fingerprint density at radius 3 is 1.13 bits per heavy atom. The van der Waals surface area contributed by atoms with Crippen LogP contribution < -0.4 is 0 Å². The fourth-order valence-corrected chi connectivity index (χ4v) is 3.81. The summed E-state index contributed by atoms with van der Waals surface area (Å²) in [7, 11) is -9.39. The van der Waals surface area contributed by atoms with E-state index in [0.29, 0.717) is 12.8 Å². The Balaban J connectivity index is -0.000000648. The zero-order valence-corrected chi connectivity index (χ0v) is 27.5. The van der Waals surface area contributed by atoms with Crippen molar-refractivity contribution in [1.29, 1.82) is 0 Å². The second-order valence-electron chi connectivity index (χ2n) is 8.73. The predicted molar refractivity (Wildman–Crippen MR) is 146 cm³/mol. The average molecular weight is 612 g/mol. The third-order valence-electron chi connectivity index (χ3n) is 5.41. The monoisotopic (exact) mass is 611 g/mol. The molecule has 1 radical (unpaired) electrons. The summed E-state index contributed by atoms with van der Waals surface area (Å²) in [6, 6.07) is 0. The van der Waals surface area contributed by atoms with Crippen LogP contribution in [0.3, 0.4) is 0 Å². The van der Waals surface area contributed by atoms with Crippen LogP contribution in [-0.2, 0) is 48.9 Å². The van der Waals surface area contributed by atoms with Gasteiger partial charge in [0.1, 0.15) is 12.2 Å². The van der Waals surface area contributed by atoms with Crippen molar-refractivity contribution in [2.45, 2.75) is 130 Å². The van der Waals surface area contributed by atoms with E-state index in [-0.39, 0.29) is 54.6 Å². The minimum atomic E-state index is -4.70. The normalized spacial score (nSPS) is 12.7. The van der Waals surface area contributed by atoms with Crippen molar-refractivity contribution >= 4 is 72.0 Å². The molecular formula is C24H44NaO12S2. The molecule has 12 nitrogen and oxygen atoms in total. The summed E-state index contributed by atoms with van der Waals surface area (Å²) in [6.07, 6.45) is 6.95. The Labute approximate surface area is 255 Å². The minimum absolute atomic E-state index is 0. The van der Waals surface area contributed by atoms with E-state index in [9.17, 15) is 36.0 Å². The maximum absolute atomic E-state index is 11.4. The molecule has 0 saturated carbocycles. The molecule has 0 saturated heterocycles. The van der Waals surface area contributed by atoms with Crippen molar-refractivity contribution in [1.82, 2.24) is 0 Å². The molecule has 0 bridgehead atoms. The van der Waals surface area contributed by atoms with Crippen LogP contribution in [0.4, 0.5) is 0 Å². The molecule has 0 fully saturated rings. The second kappa shape index (κ2) is 23.8. The first-order valence-electron chi connectivity index (χ1n) is 13.0. The van der Waals surface area contributed by atoms with Crippen molar-refractivity contribution < 1.29 is 54.6 Å². The van der Waals surface area contributed by atoms with Gasteiger partial charge >= 0.3 is 32.2 Å². The number of carbonyl (C=O) groups excluding carboxylic acids is 4. The molecule has 0 aliphatic heterocycles. The van der Waals surface area contributed by atoms with Crippen molar-refractivity contribution in [2.24, 2.45) is 0 Å². The molecule has 39 heavy (non-hydrogen) atoms. The Hall–Kier alpha value is -0.900. The molecule has 0 rings (SSSR count). The maximum Gasteiger partial charge on any atom is 0.328 e. The molecule has 0 aliphatic carbocycles. The summed E-state index contributed by atoms with van der Waals surface area (Å²) < 4.78 is 69.0. The van der Waals surface area contributed by atoms with Gasteiger partial charge in [-0.05, 0) is 38.5 Å². The summed E-state index contributed by atoms with van der Waals surface area (Å²) in [6.45, 7) is 7.95. The number of ether oxygens (including phenoxy) is 2. The first-order chi connectivity index (χ1) is 17.6. The molecule has 0 aliphatic rings. The smallest absolute Gasteiger partial charge is 0.328 e. The number of unbranched alkanes of at least 4 members (excludes halogenated alkanes) is 4. The number of carbonyl (C=O) groups is 4. The molecule has 0 aromatic carbocycles. The van der Waals surface area contributed by atoms with E-state index < -0.39 is 55.2 Å². The number of rotatable bonds is 18. The van der Waals surface area contributed by atoms with E-state index in [1.807, 2.05) is 13.8 Å². The van der Waals surface area contributed by atoms with Crippen LogP contribution in [0.2, 0.25) is 0 Å². The quantitative estimate of drug-likeness (QED) is 0.0986. The molecular weight excluding hydrogens is 567 g/mol. The predicted octanol–water partition coefficient (Wildman–Crippen LogP) is 3.79. The molecule has 0 aromatic rings. The SMILES string of the molecule is CCCCCC(CC)OC(=O)CCC(=O)S(=O)(=O)O.CCCCCC(CC)OC(=O)CCC(=O)S(=O)(=O)O.[Na]. The molecule has 0 amide bonds. The fourth-order valence-electron chi connectivity index (χ4n) is 3.09. The van der Waals surface area contributed by atoms with Gasteiger partial charge in [-0.15, -0.1) is 0 Å². The van der Waals surface area contributed by atoms with Crippen LogP contribution in [0.5, 0.6) is 0 Å². The molecule has 2 unspecified atom stereocenters. The van der Waals surface area contributed by atoms with Gasteiger partial charge in [-0.3, -0.25) is 28.3 Å². The van der Waals surface area contributed by atoms with Gasteiger partial charge in [-0.2, -0.15) is 16.8 Å². The molecule has 225 valence electrons. The number of hydrogen-bond donors (Lipinski definition) is 2. The molecule has 0 heterocycles. The molecule has 2 atom stereocenters. The van der Waals surface area contributed by atoms with Crippen molar-refractivity contribution in [3.05, 3.63) is 0 Å². The second-order valence-corrected chi connectivity index (χ2v) is 11.5. The van der Waals surface area contributed by atoms with E-state index in [1.54, 1.807) is 0 Å². The van der Waals surface area contributed by atoms with Gasteiger partial charge in [0.15, 0.2) is 0 Å². The Kier molecular flexibility index (Phi) is 25.9. The minimum Gasteiger partial charge on any atom is -0.462 e. The first-order valence-corrected chi connectivity index (χ1v) is 15.9. The molecule has 0 spiro atoms. The summed E-state index contributed by atoms with van der Waals surface area (Å²) in [5.74, 6) is -1.22. The van der Waals surface area contributed by atoms with E-state index in [4.69, 9.17) is 18.6 Å². The van der Waals surface area contributed by atoms with Gasteiger partial charge in [-0.25, -0.2) is 0 Å². The summed E-state index contributed by atoms with van der Waals surface area (Å²) >= 11 is 0. The molecule has 2 N–H and O–H groups in total. The van der Waals surface area contributed by atoms with Gasteiger partial charge in [0.05, 0.1) is 12.8 Å². The van der Waals surface area contributed by atoms with Crippen LogP contribution >= 0.6 is 0 Å². The van der Waals surface area contributed by atoms with Gasteiger partial charge in [0.2, 0.25) is 0 Å². The fraction of sp³-hybridized carbons (Fsp3) is 0.833. The number of hydrogen-bond acceptors (Lipinski definition) is 10. The van der Waals surface area contributed by atoms with Gasteiger partial charge in [0, 0.05) is 42.4 Å². The zero-order chi connectivity index (χ0) is 29.8. The van der Waals surface area contributed by atoms with Crippen molar-refractivity contribution in [3.63, 3.8) is 0 Å². The topological polar surface area (TPSA) is 195 Å². The average Bonchev–Trinajstić information content (AvgIpc) is 2.83. The van der Waals surface area contributed by atoms with Crippen LogP contribution in [-0.4, -0.2) is 89.9 Å². The van der Waals surface area contributed by atoms with Gasteiger partial charge in [0.25, 0.3) is 10.2 Å². The standard InChI is InChI=1S/2C12H22O6S.Na/c2*1-3-5-6-7-10(4-2)18-11(13)8-9-12(14)19(15,16)17;/h2*10H,3-9H2,1-2H3,(H,15,16,17);. The van der Waals surface area contributed by atoms with E-state index in [2.05, 4.69) is 13.8 Å². The van der Waals surface area contributed by atoms with E-state index in [1.165, 1.54) is 0 Å². The first kappa shape index (κ1) is 42.6. The maximum atomic E-state index is 11.4. The summed E-state index contributed by atoms with van der Waals surface area (Å²) in [5.41, 5.74) is 0. The van der Waals surface area contributed by atoms with Gasteiger partial charge < -0.3 is 9.47 Å². The Morgan fingerprint density at radius 2 is 0.897 bits per heavy atom. The van der Waals surface area contributed by atoms with E-state index in [0.717, 1.165) is 51.4 Å². The molecule has 15 heteroatoms. The number of esters is 2. The Morgan fingerprint density at radius 1 is 0.590 bits per heavy atom. The summed E-state index contributed by atoms with van der Waals surface area (Å²) in [4.78, 5) is 44.6. The van der Waals surface area contributed by atoms with Gasteiger partial charge in [-0.1, -0.05) is 53.4 Å². The molecule has 0 aromatic heterocycles. The van der Waals surface area contributed by atoms with Crippen molar-refractivity contribution in [2.75, 3.05) is 0 Å². The van der Waals surface area contributed by atoms with Crippen LogP contribution in [0, 0.1) is 0 Å². The van der Waals surface area contributed by atoms with Crippen LogP contribution in [0.15, 0.2) is 0 Å². The van der Waals surface area contributed by atoms with Crippen molar-refractivity contribution in [3.8, 4) is 0 Å². The van der Waals surface area contributed by atoms with E-state index >= 15 is 0 Å². The largest absolute Gasteiger partial charge is 0.462 e. The third-order valence-corrected chi connectivity index (χ3v) is 6.97. The zero-order valence-electron chi connectivity index (χ0n) is 23.8. The van der Waals surface area contributed by atoms with Crippen LogP contribution in [0.1, 0.15) is 118 Å². The third kappa shape index (κ3) is 24.6.